The number of hydrogen-bond acceptors (Lipinski definition) is 4. The van der Waals surface area contributed by atoms with Crippen molar-refractivity contribution in [3.8, 4) is 0 Å². The number of nitrogens with zero attached hydrogens (tertiary/aromatic N) is 2. The van der Waals surface area contributed by atoms with Gasteiger partial charge in [0.15, 0.2) is 11.3 Å². The first kappa shape index (κ1) is 20.6. The summed E-state index contributed by atoms with van der Waals surface area (Å²) in [6, 6.07) is 12.5. The zero-order valence-corrected chi connectivity index (χ0v) is 18.9. The van der Waals surface area contributed by atoms with Gasteiger partial charge >= 0.3 is 6.03 Å². The fraction of sp³-hybridized carbons (Fsp3) is 0.385. The number of piperidine rings is 1. The SMILES string of the molecule is Cc1cc(C2Cc3ccccc3N2C(N)=O)c2oc(N3CCC(C)(C)CC3)cc(=O)c2c1. The van der Waals surface area contributed by atoms with E-state index in [1.165, 1.54) is 0 Å². The van der Waals surface area contributed by atoms with Gasteiger partial charge in [-0.25, -0.2) is 4.79 Å². The van der Waals surface area contributed by atoms with E-state index in [0.29, 0.717) is 28.7 Å². The van der Waals surface area contributed by atoms with Gasteiger partial charge in [0.2, 0.25) is 0 Å². The smallest absolute Gasteiger partial charge is 0.319 e. The lowest BCUT2D eigenvalue weighted by Crippen LogP contribution is -2.38. The number of benzene rings is 2. The van der Waals surface area contributed by atoms with E-state index >= 15 is 0 Å². The van der Waals surface area contributed by atoms with Crippen LogP contribution in [0.1, 0.15) is 49.4 Å². The number of rotatable bonds is 2. The minimum atomic E-state index is -0.508. The number of para-hydroxylation sites is 1. The average molecular weight is 432 g/mol. The standard InChI is InChI=1S/C26H29N3O3/c1-16-12-18(21-14-17-6-4-5-7-20(17)29(21)25(27)31)24-19(13-16)22(30)15-23(32-24)28-10-8-26(2,3)9-11-28/h4-7,12-13,15,21H,8-11,14H2,1-3H3,(H2,27,31). The fourth-order valence-electron chi connectivity index (χ4n) is 5.07. The number of nitrogens with two attached hydrogens (primary N) is 1. The van der Waals surface area contributed by atoms with Crippen LogP contribution in [0.25, 0.3) is 11.0 Å². The number of anilines is 2. The second-order valence-electron chi connectivity index (χ2n) is 9.89. The lowest BCUT2D eigenvalue weighted by Gasteiger charge is -2.37. The highest BCUT2D eigenvalue weighted by Crippen LogP contribution is 2.43. The molecule has 2 aliphatic heterocycles. The van der Waals surface area contributed by atoms with Crippen LogP contribution >= 0.6 is 0 Å². The Morgan fingerprint density at radius 1 is 1.12 bits per heavy atom. The molecule has 2 amide bonds. The van der Waals surface area contributed by atoms with Crippen molar-refractivity contribution >= 4 is 28.6 Å². The van der Waals surface area contributed by atoms with Gasteiger partial charge in [0.25, 0.3) is 0 Å². The second kappa shape index (κ2) is 7.40. The van der Waals surface area contributed by atoms with Crippen molar-refractivity contribution < 1.29 is 9.21 Å². The van der Waals surface area contributed by atoms with Gasteiger partial charge in [-0.1, -0.05) is 38.1 Å². The van der Waals surface area contributed by atoms with E-state index in [0.717, 1.165) is 48.3 Å². The van der Waals surface area contributed by atoms with Gasteiger partial charge in [-0.2, -0.15) is 0 Å². The highest BCUT2D eigenvalue weighted by Gasteiger charge is 2.36. The van der Waals surface area contributed by atoms with Crippen LogP contribution < -0.4 is 21.0 Å². The normalized spacial score (nSPS) is 19.9. The van der Waals surface area contributed by atoms with Crippen molar-refractivity contribution in [2.45, 2.75) is 46.1 Å². The first-order valence-corrected chi connectivity index (χ1v) is 11.2. The lowest BCUT2D eigenvalue weighted by atomic mass is 9.83. The van der Waals surface area contributed by atoms with Crippen molar-refractivity contribution in [3.05, 3.63) is 69.4 Å². The molecule has 1 unspecified atom stereocenters. The van der Waals surface area contributed by atoms with Crippen molar-refractivity contribution in [1.82, 2.24) is 0 Å². The molecule has 0 aliphatic carbocycles. The predicted octanol–water partition coefficient (Wildman–Crippen LogP) is 4.91. The second-order valence-corrected chi connectivity index (χ2v) is 9.89. The molecule has 1 aromatic heterocycles. The van der Waals surface area contributed by atoms with E-state index in [1.54, 1.807) is 11.0 Å². The summed E-state index contributed by atoms with van der Waals surface area (Å²) >= 11 is 0. The summed E-state index contributed by atoms with van der Waals surface area (Å²) in [6.07, 6.45) is 2.72. The molecular formula is C26H29N3O3. The van der Waals surface area contributed by atoms with Gasteiger partial charge in [-0.3, -0.25) is 9.69 Å². The monoisotopic (exact) mass is 431 g/mol. The largest absolute Gasteiger partial charge is 0.440 e. The van der Waals surface area contributed by atoms with E-state index in [2.05, 4.69) is 18.7 Å². The van der Waals surface area contributed by atoms with E-state index in [1.807, 2.05) is 43.3 Å². The van der Waals surface area contributed by atoms with Gasteiger partial charge in [-0.15, -0.1) is 0 Å². The number of hydrogen-bond donors (Lipinski definition) is 1. The van der Waals surface area contributed by atoms with Gasteiger partial charge in [0.05, 0.1) is 11.4 Å². The van der Waals surface area contributed by atoms with Crippen molar-refractivity contribution in [3.63, 3.8) is 0 Å². The first-order chi connectivity index (χ1) is 15.2. The summed E-state index contributed by atoms with van der Waals surface area (Å²) in [5.41, 5.74) is 10.3. The zero-order chi connectivity index (χ0) is 22.6. The molecule has 6 nitrogen and oxygen atoms in total. The minimum absolute atomic E-state index is 0.0582. The number of carbonyl (C=O) groups is 1. The van der Waals surface area contributed by atoms with Gasteiger partial charge in [0, 0.05) is 30.4 Å². The third kappa shape index (κ3) is 3.44. The molecule has 0 spiro atoms. The van der Waals surface area contributed by atoms with Gasteiger partial charge in [-0.05, 0) is 54.9 Å². The molecule has 2 N–H and O–H groups in total. The number of amides is 2. The van der Waals surface area contributed by atoms with Crippen LogP contribution in [0.15, 0.2) is 51.7 Å². The molecule has 0 radical (unpaired) electrons. The molecule has 1 fully saturated rings. The molecule has 6 heteroatoms. The zero-order valence-electron chi connectivity index (χ0n) is 18.9. The van der Waals surface area contributed by atoms with Crippen LogP contribution in [-0.4, -0.2) is 19.1 Å². The van der Waals surface area contributed by atoms with E-state index in [4.69, 9.17) is 10.2 Å². The molecule has 3 heterocycles. The molecule has 32 heavy (non-hydrogen) atoms. The summed E-state index contributed by atoms with van der Waals surface area (Å²) in [7, 11) is 0. The number of urea groups is 1. The van der Waals surface area contributed by atoms with Crippen LogP contribution in [-0.2, 0) is 6.42 Å². The Bertz CT molecular complexity index is 1270. The number of fused-ring (bicyclic) bond motifs is 2. The van der Waals surface area contributed by atoms with E-state index in [-0.39, 0.29) is 11.5 Å². The molecule has 5 rings (SSSR count). The van der Waals surface area contributed by atoms with Crippen molar-refractivity contribution in [2.24, 2.45) is 11.1 Å². The van der Waals surface area contributed by atoms with Crippen LogP contribution in [0, 0.1) is 12.3 Å². The number of primary amides is 1. The molecular weight excluding hydrogens is 402 g/mol. The third-order valence-electron chi connectivity index (χ3n) is 6.99. The highest BCUT2D eigenvalue weighted by molar-refractivity contribution is 5.95. The Morgan fingerprint density at radius 3 is 2.56 bits per heavy atom. The molecule has 1 saturated heterocycles. The molecule has 2 aromatic carbocycles. The maximum absolute atomic E-state index is 13.1. The summed E-state index contributed by atoms with van der Waals surface area (Å²) in [4.78, 5) is 29.4. The van der Waals surface area contributed by atoms with E-state index in [9.17, 15) is 9.59 Å². The van der Waals surface area contributed by atoms with Crippen LogP contribution in [0.3, 0.4) is 0 Å². The van der Waals surface area contributed by atoms with Gasteiger partial charge < -0.3 is 15.1 Å². The Labute approximate surface area is 187 Å². The molecule has 2 aliphatic rings. The summed E-state index contributed by atoms with van der Waals surface area (Å²) in [5, 5.41) is 0.543. The summed E-state index contributed by atoms with van der Waals surface area (Å²) in [6.45, 7) is 8.21. The maximum atomic E-state index is 13.1. The van der Waals surface area contributed by atoms with Crippen molar-refractivity contribution in [2.75, 3.05) is 22.9 Å². The maximum Gasteiger partial charge on any atom is 0.319 e. The molecule has 0 bridgehead atoms. The Balaban J connectivity index is 1.64. The van der Waals surface area contributed by atoms with Crippen LogP contribution in [0.2, 0.25) is 0 Å². The number of carbonyl (C=O) groups excluding carboxylic acids is 1. The summed E-state index contributed by atoms with van der Waals surface area (Å²) < 4.78 is 6.42. The fourth-order valence-corrected chi connectivity index (χ4v) is 5.07. The Hall–Kier alpha value is -3.28. The minimum Gasteiger partial charge on any atom is -0.440 e. The first-order valence-electron chi connectivity index (χ1n) is 11.2. The average Bonchev–Trinajstić information content (AvgIpc) is 3.13. The quantitative estimate of drug-likeness (QED) is 0.625. The topological polar surface area (TPSA) is 79.8 Å². The predicted molar refractivity (Wildman–Crippen MR) is 127 cm³/mol. The summed E-state index contributed by atoms with van der Waals surface area (Å²) in [5.74, 6) is 0.601. The van der Waals surface area contributed by atoms with Crippen molar-refractivity contribution in [1.29, 1.82) is 0 Å². The Kier molecular flexibility index (Phi) is 4.77. The van der Waals surface area contributed by atoms with Gasteiger partial charge in [0.1, 0.15) is 5.58 Å². The third-order valence-corrected chi connectivity index (χ3v) is 6.99. The van der Waals surface area contributed by atoms with E-state index < -0.39 is 6.03 Å². The molecule has 3 aromatic rings. The molecule has 1 atom stereocenters. The molecule has 166 valence electrons. The van der Waals surface area contributed by atoms with Crippen LogP contribution in [0.4, 0.5) is 16.4 Å². The number of aryl methyl sites for hydroxylation is 1. The Morgan fingerprint density at radius 2 is 1.84 bits per heavy atom. The molecule has 0 saturated carbocycles. The highest BCUT2D eigenvalue weighted by atomic mass is 16.4. The van der Waals surface area contributed by atoms with Crippen LogP contribution in [0.5, 0.6) is 0 Å². The lowest BCUT2D eigenvalue weighted by molar-refractivity contribution is 0.252.